The van der Waals surface area contributed by atoms with E-state index in [0.29, 0.717) is 0 Å². The minimum absolute atomic E-state index is 0.000000000000000222. The minimum Gasteiger partial charge on any atom is -0.473 e. The second-order valence-corrected chi connectivity index (χ2v) is 1.26. The number of hydrogen-bond acceptors (Lipinski definition) is 2. The Kier molecular flexibility index (Phi) is 13.7. The van der Waals surface area contributed by atoms with Gasteiger partial charge in [-0.3, -0.25) is 0 Å². The fourth-order valence-corrected chi connectivity index (χ4v) is 0.421. The maximum atomic E-state index is 4.89. The molecule has 1 heterocycles. The molecule has 2 nitrogen and oxygen atoms in total. The Balaban J connectivity index is 0. The minimum atomic E-state index is -0.000000000000000222. The Hall–Kier alpha value is -0.920. The van der Waals surface area contributed by atoms with Crippen LogP contribution in [0.25, 0.3) is 0 Å². The normalized spacial score (nSPS) is 17.6. The molecule has 0 aromatic heterocycles. The maximum absolute atomic E-state index is 4.89. The van der Waals surface area contributed by atoms with Gasteiger partial charge in [-0.05, 0) is 6.08 Å². The van der Waals surface area contributed by atoms with E-state index in [1.807, 2.05) is 27.7 Å². The van der Waals surface area contributed by atoms with Crippen LogP contribution >= 0.6 is 0 Å². The van der Waals surface area contributed by atoms with Crippen molar-refractivity contribution in [2.45, 2.75) is 33.9 Å². The van der Waals surface area contributed by atoms with Gasteiger partial charge in [-0.2, -0.15) is 0 Å². The molecule has 0 bridgehead atoms. The van der Waals surface area contributed by atoms with Crippen LogP contribution in [0.5, 0.6) is 0 Å². The van der Waals surface area contributed by atoms with Gasteiger partial charge in [0.15, 0.2) is 6.23 Å². The smallest absolute Gasteiger partial charge is 0.188 e. The van der Waals surface area contributed by atoms with Gasteiger partial charge in [-0.15, -0.1) is 0 Å². The maximum Gasteiger partial charge on any atom is 0.188 e. The van der Waals surface area contributed by atoms with Gasteiger partial charge in [0.05, 0.1) is 0 Å². The fraction of sp³-hybridized carbons (Fsp3) is 0.556. The van der Waals surface area contributed by atoms with Crippen molar-refractivity contribution in [3.05, 3.63) is 25.1 Å². The lowest BCUT2D eigenvalue weighted by molar-refractivity contribution is 0.197. The Morgan fingerprint density at radius 1 is 1.36 bits per heavy atom. The first kappa shape index (κ1) is 12.7. The van der Waals surface area contributed by atoms with Crippen molar-refractivity contribution in [3.8, 4) is 0 Å². The van der Waals surface area contributed by atoms with Crippen LogP contribution in [-0.2, 0) is 4.74 Å². The molecule has 1 rings (SSSR count). The van der Waals surface area contributed by atoms with Crippen molar-refractivity contribution in [1.82, 2.24) is 5.32 Å². The second-order valence-electron chi connectivity index (χ2n) is 1.26. The van der Waals surface area contributed by atoms with Gasteiger partial charge in [0.25, 0.3) is 0 Å². The third-order valence-electron chi connectivity index (χ3n) is 0.768. The standard InChI is InChI=1S/C5H7NO.2C2H6/c1-2-5-6-3-4-7-5;2*1-2/h2-6H,1H2;2*1-2H3. The van der Waals surface area contributed by atoms with E-state index in [4.69, 9.17) is 4.74 Å². The third kappa shape index (κ3) is 6.97. The lowest BCUT2D eigenvalue weighted by Crippen LogP contribution is -2.16. The molecule has 0 spiro atoms. The molecule has 1 unspecified atom stereocenters. The topological polar surface area (TPSA) is 21.3 Å². The van der Waals surface area contributed by atoms with Crippen molar-refractivity contribution in [2.24, 2.45) is 0 Å². The first-order valence-electron chi connectivity index (χ1n) is 4.12. The number of hydrogen-bond donors (Lipinski definition) is 1. The lowest BCUT2D eigenvalue weighted by atomic mass is 10.6. The Labute approximate surface area is 69.9 Å². The summed E-state index contributed by atoms with van der Waals surface area (Å²) in [5, 5.41) is 2.89. The molecule has 0 fully saturated rings. The van der Waals surface area contributed by atoms with Crippen LogP contribution in [0.1, 0.15) is 27.7 Å². The Bertz CT molecular complexity index is 91.7. The molecular formula is C9H19NO. The molecule has 1 aliphatic rings. The molecule has 66 valence electrons. The number of ether oxygens (including phenoxy) is 1. The van der Waals surface area contributed by atoms with Gasteiger partial charge in [-0.1, -0.05) is 34.3 Å². The van der Waals surface area contributed by atoms with Crippen molar-refractivity contribution < 1.29 is 4.74 Å². The highest BCUT2D eigenvalue weighted by Crippen LogP contribution is 1.94. The molecular weight excluding hydrogens is 138 g/mol. The highest BCUT2D eigenvalue weighted by atomic mass is 16.5. The molecule has 0 radical (unpaired) electrons. The number of rotatable bonds is 1. The molecule has 1 atom stereocenters. The molecule has 1 aliphatic heterocycles. The van der Waals surface area contributed by atoms with Crippen molar-refractivity contribution >= 4 is 0 Å². The van der Waals surface area contributed by atoms with E-state index in [1.165, 1.54) is 0 Å². The van der Waals surface area contributed by atoms with E-state index >= 15 is 0 Å². The van der Waals surface area contributed by atoms with Crippen molar-refractivity contribution in [3.63, 3.8) is 0 Å². The van der Waals surface area contributed by atoms with Crippen LogP contribution < -0.4 is 5.32 Å². The van der Waals surface area contributed by atoms with Crippen molar-refractivity contribution in [2.75, 3.05) is 0 Å². The zero-order valence-corrected chi connectivity index (χ0v) is 7.92. The highest BCUT2D eigenvalue weighted by Gasteiger charge is 2.00. The summed E-state index contributed by atoms with van der Waals surface area (Å²) in [7, 11) is 0. The van der Waals surface area contributed by atoms with Crippen LogP contribution in [0.4, 0.5) is 0 Å². The van der Waals surface area contributed by atoms with E-state index in [2.05, 4.69) is 11.9 Å². The first-order valence-corrected chi connectivity index (χ1v) is 4.12. The molecule has 11 heavy (non-hydrogen) atoms. The summed E-state index contributed by atoms with van der Waals surface area (Å²) >= 11 is 0. The van der Waals surface area contributed by atoms with Gasteiger partial charge in [0.2, 0.25) is 0 Å². The lowest BCUT2D eigenvalue weighted by Gasteiger charge is -2.01. The summed E-state index contributed by atoms with van der Waals surface area (Å²) in [6, 6.07) is 0. The average Bonchev–Trinajstić information content (AvgIpc) is 2.63. The molecule has 0 aromatic rings. The predicted molar refractivity (Wildman–Crippen MR) is 50.0 cm³/mol. The van der Waals surface area contributed by atoms with Gasteiger partial charge in [0, 0.05) is 6.20 Å². The molecule has 0 saturated heterocycles. The van der Waals surface area contributed by atoms with Gasteiger partial charge < -0.3 is 10.1 Å². The summed E-state index contributed by atoms with van der Waals surface area (Å²) in [4.78, 5) is 0. The third-order valence-corrected chi connectivity index (χ3v) is 0.768. The Morgan fingerprint density at radius 3 is 2.09 bits per heavy atom. The molecule has 2 heteroatoms. The van der Waals surface area contributed by atoms with Gasteiger partial charge >= 0.3 is 0 Å². The summed E-state index contributed by atoms with van der Waals surface area (Å²) < 4.78 is 4.89. The molecule has 0 amide bonds. The van der Waals surface area contributed by atoms with Crippen LogP contribution in [0.3, 0.4) is 0 Å². The van der Waals surface area contributed by atoms with Crippen LogP contribution in [0, 0.1) is 0 Å². The zero-order valence-electron chi connectivity index (χ0n) is 7.92. The quantitative estimate of drug-likeness (QED) is 0.591. The molecule has 0 saturated carbocycles. The summed E-state index contributed by atoms with van der Waals surface area (Å²) in [6.07, 6.45) is 5.04. The summed E-state index contributed by atoms with van der Waals surface area (Å²) in [5.74, 6) is 0. The largest absolute Gasteiger partial charge is 0.473 e. The van der Waals surface area contributed by atoms with Crippen LogP contribution in [-0.4, -0.2) is 6.23 Å². The molecule has 0 aromatic carbocycles. The number of nitrogens with one attached hydrogen (secondary N) is 1. The van der Waals surface area contributed by atoms with Crippen molar-refractivity contribution in [1.29, 1.82) is 0 Å². The van der Waals surface area contributed by atoms with Gasteiger partial charge in [0.1, 0.15) is 6.26 Å². The van der Waals surface area contributed by atoms with E-state index in [-0.39, 0.29) is 6.23 Å². The SMILES string of the molecule is C=CC1NC=CO1.CC.CC. The van der Waals surface area contributed by atoms with Gasteiger partial charge in [-0.25, -0.2) is 0 Å². The average molecular weight is 157 g/mol. The predicted octanol–water partition coefficient (Wildman–Crippen LogP) is 2.64. The van der Waals surface area contributed by atoms with Crippen LogP contribution in [0.2, 0.25) is 0 Å². The highest BCUT2D eigenvalue weighted by molar-refractivity contribution is 4.90. The van der Waals surface area contributed by atoms with E-state index in [0.717, 1.165) is 0 Å². The Morgan fingerprint density at radius 2 is 1.91 bits per heavy atom. The summed E-state index contributed by atoms with van der Waals surface area (Å²) in [5.41, 5.74) is 0. The van der Waals surface area contributed by atoms with E-state index < -0.39 is 0 Å². The van der Waals surface area contributed by atoms with E-state index in [1.54, 1.807) is 18.5 Å². The monoisotopic (exact) mass is 157 g/mol. The molecule has 0 aliphatic carbocycles. The first-order chi connectivity index (χ1) is 5.43. The summed E-state index contributed by atoms with van der Waals surface area (Å²) in [6.45, 7) is 11.5. The van der Waals surface area contributed by atoms with Crippen LogP contribution in [0.15, 0.2) is 25.1 Å². The van der Waals surface area contributed by atoms with E-state index in [9.17, 15) is 0 Å². The second kappa shape index (κ2) is 11.8. The fourth-order valence-electron chi connectivity index (χ4n) is 0.421. The zero-order chi connectivity index (χ0) is 9.11. The molecule has 1 N–H and O–H groups in total.